The summed E-state index contributed by atoms with van der Waals surface area (Å²) in [6.45, 7) is 0.324. The number of hydrogen-bond acceptors (Lipinski definition) is 5. The van der Waals surface area contributed by atoms with E-state index in [4.69, 9.17) is 5.73 Å². The van der Waals surface area contributed by atoms with Crippen molar-refractivity contribution in [2.45, 2.75) is 0 Å². The molecule has 0 saturated carbocycles. The molecule has 0 atom stereocenters. The van der Waals surface area contributed by atoms with E-state index in [-0.39, 0.29) is 24.8 Å². The van der Waals surface area contributed by atoms with Crippen molar-refractivity contribution < 1.29 is 14.3 Å². The number of carbonyl (C=O) groups is 2. The molecule has 8 heteroatoms. The molecule has 1 rings (SSSR count). The monoisotopic (exact) mass is 302 g/mol. The zero-order chi connectivity index (χ0) is 12.7. The van der Waals surface area contributed by atoms with Gasteiger partial charge in [0.15, 0.2) is 0 Å². The van der Waals surface area contributed by atoms with E-state index in [0.29, 0.717) is 4.60 Å². The van der Waals surface area contributed by atoms with Crippen LogP contribution < -0.4 is 16.6 Å². The average molecular weight is 303 g/mol. The van der Waals surface area contributed by atoms with Crippen LogP contribution in [-0.4, -0.2) is 30.1 Å². The number of pyridine rings is 1. The molecule has 2 amide bonds. The number of nitrogens with one attached hydrogen (secondary N) is 2. The van der Waals surface area contributed by atoms with E-state index in [2.05, 4.69) is 36.5 Å². The summed E-state index contributed by atoms with van der Waals surface area (Å²) in [7, 11) is 0. The third kappa shape index (κ3) is 5.27. The Hall–Kier alpha value is -1.67. The van der Waals surface area contributed by atoms with Crippen molar-refractivity contribution >= 4 is 27.9 Å². The van der Waals surface area contributed by atoms with Crippen molar-refractivity contribution in [2.24, 2.45) is 5.73 Å². The summed E-state index contributed by atoms with van der Waals surface area (Å²) in [5, 5.41) is 0. The quantitative estimate of drug-likeness (QED) is 0.408. The smallest absolute Gasteiger partial charge is 0.404 e. The highest BCUT2D eigenvalue weighted by Crippen LogP contribution is 2.05. The van der Waals surface area contributed by atoms with Gasteiger partial charge in [0, 0.05) is 6.54 Å². The lowest BCUT2D eigenvalue weighted by atomic mass is 10.3. The number of nitrogens with two attached hydrogens (primary N) is 1. The summed E-state index contributed by atoms with van der Waals surface area (Å²) in [5.74, 6) is -0.384. The van der Waals surface area contributed by atoms with Gasteiger partial charge < -0.3 is 10.5 Å². The average Bonchev–Trinajstić information content (AvgIpc) is 2.28. The zero-order valence-corrected chi connectivity index (χ0v) is 10.4. The van der Waals surface area contributed by atoms with Crippen LogP contribution in [0.3, 0.4) is 0 Å². The summed E-state index contributed by atoms with van der Waals surface area (Å²) in [6.07, 6.45) is -0.855. The minimum Gasteiger partial charge on any atom is -0.448 e. The normalized spacial score (nSPS) is 9.71. The predicted molar refractivity (Wildman–Crippen MR) is 62.9 cm³/mol. The van der Waals surface area contributed by atoms with Gasteiger partial charge in [0.2, 0.25) is 0 Å². The molecular weight excluding hydrogens is 292 g/mol. The van der Waals surface area contributed by atoms with Crippen LogP contribution in [0.2, 0.25) is 0 Å². The number of carbonyl (C=O) groups excluding carboxylic acids is 2. The van der Waals surface area contributed by atoms with Gasteiger partial charge in [-0.1, -0.05) is 6.07 Å². The third-order valence-electron chi connectivity index (χ3n) is 1.62. The lowest BCUT2D eigenvalue weighted by Gasteiger charge is -2.06. The highest BCUT2D eigenvalue weighted by molar-refractivity contribution is 9.10. The fourth-order valence-electron chi connectivity index (χ4n) is 0.944. The second kappa shape index (κ2) is 6.81. The summed E-state index contributed by atoms with van der Waals surface area (Å²) in [5.41, 5.74) is 9.98. The maximum absolute atomic E-state index is 11.5. The Balaban J connectivity index is 2.28. The number of hydrogen-bond donors (Lipinski definition) is 3. The van der Waals surface area contributed by atoms with Crippen molar-refractivity contribution in [3.8, 4) is 0 Å². The van der Waals surface area contributed by atoms with E-state index in [1.165, 1.54) is 0 Å². The lowest BCUT2D eigenvalue weighted by molar-refractivity contribution is 0.0923. The third-order valence-corrected chi connectivity index (χ3v) is 2.06. The Labute approximate surface area is 106 Å². The number of halogens is 1. The molecular formula is C9H11BrN4O3. The van der Waals surface area contributed by atoms with Gasteiger partial charge in [0.05, 0.1) is 0 Å². The van der Waals surface area contributed by atoms with Crippen molar-refractivity contribution in [3.05, 3.63) is 28.5 Å². The molecule has 0 saturated heterocycles. The largest absolute Gasteiger partial charge is 0.448 e. The van der Waals surface area contributed by atoms with Gasteiger partial charge in [-0.25, -0.2) is 15.2 Å². The van der Waals surface area contributed by atoms with Crippen LogP contribution in [0, 0.1) is 0 Å². The first-order valence-electron chi connectivity index (χ1n) is 4.67. The number of amides is 2. The maximum atomic E-state index is 11.5. The Kier molecular flexibility index (Phi) is 5.37. The van der Waals surface area contributed by atoms with Gasteiger partial charge >= 0.3 is 6.09 Å². The Bertz CT molecular complexity index is 413. The molecule has 0 aliphatic carbocycles. The topological polar surface area (TPSA) is 106 Å². The van der Waals surface area contributed by atoms with E-state index < -0.39 is 6.09 Å². The van der Waals surface area contributed by atoms with E-state index in [1.54, 1.807) is 18.2 Å². The van der Waals surface area contributed by atoms with Crippen LogP contribution in [0.4, 0.5) is 4.79 Å². The highest BCUT2D eigenvalue weighted by atomic mass is 79.9. The Morgan fingerprint density at radius 1 is 1.47 bits per heavy atom. The fourth-order valence-corrected chi connectivity index (χ4v) is 1.29. The molecule has 0 aliphatic heterocycles. The Morgan fingerprint density at radius 2 is 2.24 bits per heavy atom. The molecule has 1 aromatic heterocycles. The maximum Gasteiger partial charge on any atom is 0.404 e. The molecule has 7 nitrogen and oxygen atoms in total. The Morgan fingerprint density at radius 3 is 2.88 bits per heavy atom. The van der Waals surface area contributed by atoms with Gasteiger partial charge in [-0.05, 0) is 28.1 Å². The summed E-state index contributed by atoms with van der Waals surface area (Å²) in [4.78, 5) is 25.7. The van der Waals surface area contributed by atoms with Gasteiger partial charge in [-0.15, -0.1) is 0 Å². The molecule has 0 spiro atoms. The number of aromatic nitrogens is 1. The minimum absolute atomic E-state index is 0.0710. The number of rotatable bonds is 5. The molecule has 4 N–H and O–H groups in total. The van der Waals surface area contributed by atoms with Crippen LogP contribution in [0.5, 0.6) is 0 Å². The van der Waals surface area contributed by atoms with Crippen LogP contribution in [0.25, 0.3) is 0 Å². The first-order chi connectivity index (χ1) is 8.09. The number of nitrogens with zero attached hydrogens (tertiary/aromatic N) is 1. The van der Waals surface area contributed by atoms with E-state index in [0.717, 1.165) is 0 Å². The summed E-state index contributed by atoms with van der Waals surface area (Å²) < 4.78 is 5.02. The standard InChI is InChI=1S/C9H11BrN4O3/c10-7-3-1-2-6(13-7)8(15)14-12-4-5-17-9(11)16/h1-3,12H,4-5H2,(H2,11,16)(H,14,15). The van der Waals surface area contributed by atoms with Gasteiger partial charge in [0.25, 0.3) is 5.91 Å². The molecule has 0 unspecified atom stereocenters. The van der Waals surface area contributed by atoms with Crippen LogP contribution in [0.1, 0.15) is 10.5 Å². The molecule has 1 heterocycles. The molecule has 0 aromatic carbocycles. The van der Waals surface area contributed by atoms with E-state index >= 15 is 0 Å². The van der Waals surface area contributed by atoms with Crippen LogP contribution in [0.15, 0.2) is 22.8 Å². The van der Waals surface area contributed by atoms with Gasteiger partial charge in [-0.3, -0.25) is 10.2 Å². The first-order valence-corrected chi connectivity index (χ1v) is 5.47. The predicted octanol–water partition coefficient (Wildman–Crippen LogP) is 0.174. The number of hydrazine groups is 1. The van der Waals surface area contributed by atoms with Crippen LogP contribution >= 0.6 is 15.9 Å². The molecule has 1 aromatic rings. The molecule has 0 radical (unpaired) electrons. The minimum atomic E-state index is -0.855. The molecule has 92 valence electrons. The molecule has 0 aliphatic rings. The van der Waals surface area contributed by atoms with Crippen molar-refractivity contribution in [1.29, 1.82) is 0 Å². The van der Waals surface area contributed by atoms with Crippen LogP contribution in [-0.2, 0) is 4.74 Å². The van der Waals surface area contributed by atoms with Crippen molar-refractivity contribution in [1.82, 2.24) is 15.8 Å². The van der Waals surface area contributed by atoms with Gasteiger partial charge in [0.1, 0.15) is 16.9 Å². The zero-order valence-electron chi connectivity index (χ0n) is 8.77. The summed E-state index contributed by atoms with van der Waals surface area (Å²) in [6, 6.07) is 4.98. The highest BCUT2D eigenvalue weighted by Gasteiger charge is 2.06. The SMILES string of the molecule is NC(=O)OCCNNC(=O)c1cccc(Br)n1. The lowest BCUT2D eigenvalue weighted by Crippen LogP contribution is -2.40. The molecule has 0 fully saturated rings. The number of ether oxygens (including phenoxy) is 1. The van der Waals surface area contributed by atoms with Crippen molar-refractivity contribution in [3.63, 3.8) is 0 Å². The van der Waals surface area contributed by atoms with E-state index in [1.807, 2.05) is 0 Å². The second-order valence-corrected chi connectivity index (χ2v) is 3.71. The molecule has 17 heavy (non-hydrogen) atoms. The first kappa shape index (κ1) is 13.4. The van der Waals surface area contributed by atoms with E-state index in [9.17, 15) is 9.59 Å². The summed E-state index contributed by atoms with van der Waals surface area (Å²) >= 11 is 3.16. The fraction of sp³-hybridized carbons (Fsp3) is 0.222. The second-order valence-electron chi connectivity index (χ2n) is 2.89. The molecule has 0 bridgehead atoms. The number of primary amides is 1. The van der Waals surface area contributed by atoms with Crippen molar-refractivity contribution in [2.75, 3.05) is 13.2 Å². The van der Waals surface area contributed by atoms with Gasteiger partial charge in [-0.2, -0.15) is 0 Å².